The summed E-state index contributed by atoms with van der Waals surface area (Å²) in [7, 11) is -4.63. The lowest BCUT2D eigenvalue weighted by molar-refractivity contribution is -0.384. The molecule has 3 saturated heterocycles. The third kappa shape index (κ3) is 9.42. The molecule has 6 aliphatic rings. The van der Waals surface area contributed by atoms with Gasteiger partial charge in [-0.3, -0.25) is 19.8 Å². The van der Waals surface area contributed by atoms with Gasteiger partial charge in [0.25, 0.3) is 21.6 Å². The van der Waals surface area contributed by atoms with Gasteiger partial charge in [-0.25, -0.2) is 13.1 Å². The molecule has 388 valence electrons. The van der Waals surface area contributed by atoms with Crippen molar-refractivity contribution >= 4 is 55.4 Å². The van der Waals surface area contributed by atoms with E-state index in [-0.39, 0.29) is 40.8 Å². The molecule has 1 amide bonds. The maximum absolute atomic E-state index is 14.7. The molecule has 2 aliphatic carbocycles. The largest absolute Gasteiger partial charge is 0.470 e. The van der Waals surface area contributed by atoms with E-state index >= 15 is 0 Å². The van der Waals surface area contributed by atoms with E-state index in [1.807, 2.05) is 42.3 Å². The zero-order valence-electron chi connectivity index (χ0n) is 42.2. The van der Waals surface area contributed by atoms with E-state index < -0.39 is 37.0 Å². The highest BCUT2D eigenvalue weighted by Gasteiger charge is 2.55. The van der Waals surface area contributed by atoms with Crippen LogP contribution in [0.2, 0.25) is 0 Å². The summed E-state index contributed by atoms with van der Waals surface area (Å²) in [5.41, 5.74) is 4.74. The second kappa shape index (κ2) is 19.5. The van der Waals surface area contributed by atoms with Crippen molar-refractivity contribution < 1.29 is 37.5 Å². The summed E-state index contributed by atoms with van der Waals surface area (Å²) in [6, 6.07) is 22.2. The second-order valence-electron chi connectivity index (χ2n) is 22.1. The number of hydrogen-bond acceptors (Lipinski definition) is 14. The van der Waals surface area contributed by atoms with Crippen LogP contribution in [0.15, 0.2) is 83.9 Å². The summed E-state index contributed by atoms with van der Waals surface area (Å²) in [6.07, 6.45) is 7.99. The first kappa shape index (κ1) is 49.4. The summed E-state index contributed by atoms with van der Waals surface area (Å²) < 4.78 is 49.5. The number of rotatable bonds is 12. The lowest BCUT2D eigenvalue weighted by Gasteiger charge is -2.62. The summed E-state index contributed by atoms with van der Waals surface area (Å²) in [5.74, 6) is 0.611. The van der Waals surface area contributed by atoms with Crippen molar-refractivity contribution in [3.63, 3.8) is 0 Å². The van der Waals surface area contributed by atoms with E-state index in [2.05, 4.69) is 69.9 Å². The number of aromatic nitrogens is 2. The molecule has 5 fully saturated rings. The van der Waals surface area contributed by atoms with Crippen molar-refractivity contribution in [1.29, 1.82) is 0 Å². The van der Waals surface area contributed by atoms with Crippen LogP contribution >= 0.6 is 0 Å². The Kier molecular flexibility index (Phi) is 13.2. The topological polar surface area (TPSA) is 205 Å². The first-order chi connectivity index (χ1) is 35.1. The molecule has 0 bridgehead atoms. The minimum absolute atomic E-state index is 0.0981. The third-order valence-corrected chi connectivity index (χ3v) is 18.7. The Morgan fingerprint density at radius 2 is 1.73 bits per heavy atom. The fourth-order valence-corrected chi connectivity index (χ4v) is 13.9. The first-order valence-electron chi connectivity index (χ1n) is 26.2. The summed E-state index contributed by atoms with van der Waals surface area (Å²) in [4.78, 5) is 41.3. The number of nitro benzene ring substituents is 1. The fourth-order valence-electron chi connectivity index (χ4n) is 12.9. The number of sulfonamides is 1. The van der Waals surface area contributed by atoms with Crippen molar-refractivity contribution in [2.24, 2.45) is 17.3 Å². The number of hydrogen-bond donors (Lipinski definition) is 4. The van der Waals surface area contributed by atoms with E-state index in [0.717, 1.165) is 75.5 Å². The molecule has 11 rings (SSSR count). The van der Waals surface area contributed by atoms with Crippen LogP contribution in [0.5, 0.6) is 5.88 Å². The smallest absolute Gasteiger partial charge is 0.293 e. The predicted octanol–water partition coefficient (Wildman–Crippen LogP) is 8.82. The van der Waals surface area contributed by atoms with Gasteiger partial charge in [-0.2, -0.15) is 4.98 Å². The van der Waals surface area contributed by atoms with E-state index in [4.69, 9.17) is 19.2 Å². The number of piperidine rings is 1. The highest BCUT2D eigenvalue weighted by atomic mass is 32.2. The average molecular weight is 1020 g/mol. The number of aromatic amines is 1. The summed E-state index contributed by atoms with van der Waals surface area (Å²) in [6.45, 7) is 14.0. The van der Waals surface area contributed by atoms with Gasteiger partial charge in [-0.1, -0.05) is 45.0 Å². The Balaban J connectivity index is 0.873. The van der Waals surface area contributed by atoms with Crippen LogP contribution in [-0.2, 0) is 19.5 Å². The van der Waals surface area contributed by atoms with Crippen molar-refractivity contribution in [2.45, 2.75) is 120 Å². The molecule has 3 aromatic carbocycles. The summed E-state index contributed by atoms with van der Waals surface area (Å²) >= 11 is 0. The fraction of sp³-hybridized carbons (Fsp3) is 0.527. The van der Waals surface area contributed by atoms with Crippen LogP contribution in [0.4, 0.5) is 28.4 Å². The Hall–Kier alpha value is -5.79. The molecule has 1 spiro atoms. The quantitative estimate of drug-likeness (QED) is 0.0681. The number of carbonyl (C=O) groups excluding carboxylic acids is 1. The number of morpholine rings is 1. The molecular weight excluding hydrogens is 949 g/mol. The molecular formula is C55H68N8O9S. The molecule has 4 N–H and O–H groups in total. The number of benzene rings is 3. The van der Waals surface area contributed by atoms with Crippen molar-refractivity contribution in [1.82, 2.24) is 19.6 Å². The van der Waals surface area contributed by atoms with Crippen LogP contribution in [0.1, 0.15) is 113 Å². The van der Waals surface area contributed by atoms with Gasteiger partial charge in [0, 0.05) is 62.0 Å². The molecule has 6 heterocycles. The van der Waals surface area contributed by atoms with Gasteiger partial charge in [0.15, 0.2) is 0 Å². The number of anilines is 4. The van der Waals surface area contributed by atoms with Gasteiger partial charge >= 0.3 is 0 Å². The van der Waals surface area contributed by atoms with Gasteiger partial charge in [0.2, 0.25) is 5.88 Å². The normalized spacial score (nSPS) is 27.2. The molecule has 0 unspecified atom stereocenters. The first-order valence-corrected chi connectivity index (χ1v) is 27.7. The Bertz CT molecular complexity index is 3000. The predicted molar refractivity (Wildman–Crippen MR) is 279 cm³/mol. The van der Waals surface area contributed by atoms with Crippen LogP contribution < -0.4 is 24.6 Å². The molecule has 17 nitrogen and oxygen atoms in total. The van der Waals surface area contributed by atoms with E-state index in [1.54, 1.807) is 6.07 Å². The minimum Gasteiger partial charge on any atom is -0.470 e. The molecule has 73 heavy (non-hydrogen) atoms. The van der Waals surface area contributed by atoms with Crippen LogP contribution in [0, 0.1) is 27.4 Å². The number of ether oxygens (including phenoxy) is 3. The Morgan fingerprint density at radius 1 is 0.945 bits per heavy atom. The minimum atomic E-state index is -4.63. The van der Waals surface area contributed by atoms with Gasteiger partial charge < -0.3 is 39.4 Å². The molecule has 0 radical (unpaired) electrons. The van der Waals surface area contributed by atoms with Crippen molar-refractivity contribution in [2.75, 3.05) is 67.7 Å². The maximum Gasteiger partial charge on any atom is 0.293 e. The maximum atomic E-state index is 14.7. The van der Waals surface area contributed by atoms with Gasteiger partial charge in [-0.15, -0.1) is 0 Å². The SMILES string of the molecule is CC(C)c1ccccc1[C@H]1COCCN1[C@H]1CC2(CCN(c3ccc(C(=O)NS(=O)(=O)c4ccc(NC[C@H]5CC[C@](C)(O)CC5)c([N+](=O)[O-])c4)c(N4c5cc6cc[nH]c6nc5O[C@@H]5CCOC[C@H]54)c3)CC2)[C@H]1C. The lowest BCUT2D eigenvalue weighted by atomic mass is 9.53. The molecule has 5 aromatic rings. The van der Waals surface area contributed by atoms with Gasteiger partial charge in [-0.05, 0) is 129 Å². The number of nitrogens with one attached hydrogen (secondary N) is 3. The average Bonchev–Trinajstić information content (AvgIpc) is 3.85. The number of aliphatic hydroxyl groups is 1. The highest BCUT2D eigenvalue weighted by Crippen LogP contribution is 2.57. The number of nitro groups is 1. The highest BCUT2D eigenvalue weighted by molar-refractivity contribution is 7.90. The molecule has 4 aliphatic heterocycles. The summed E-state index contributed by atoms with van der Waals surface area (Å²) in [5, 5.41) is 26.8. The third-order valence-electron chi connectivity index (χ3n) is 17.4. The van der Waals surface area contributed by atoms with E-state index in [1.165, 1.54) is 23.3 Å². The molecule has 5 atom stereocenters. The number of carbonyl (C=O) groups is 1. The number of amides is 1. The van der Waals surface area contributed by atoms with Crippen LogP contribution in [-0.4, -0.2) is 116 Å². The van der Waals surface area contributed by atoms with Crippen molar-refractivity contribution in [3.8, 4) is 5.88 Å². The standard InChI is InChI=1S/C55H68N8O9S/c1-34(2)40-7-5-6-8-41(40)48-32-71-26-24-61(48)47-30-55(35(47)3)19-22-60(23-20-55)38-9-11-42(44(28-38)62-46-27-37-15-21-56-51(37)58-53(46)72-50-16-25-70-33-49(50)62)52(64)59-73(68,69)39-10-12-43(45(29-39)63(66)67)57-31-36-13-17-54(4,65)18-14-36/h5-12,15,21,27-29,34-36,47-50,57,65H,13-14,16-20,22-26,30-33H2,1-4H3,(H,56,58)(H,59,64)/t35-,36-,47-,48+,49+,50+,54-/m0/s1. The Morgan fingerprint density at radius 3 is 2.49 bits per heavy atom. The van der Waals surface area contributed by atoms with Crippen molar-refractivity contribution in [3.05, 3.63) is 106 Å². The van der Waals surface area contributed by atoms with Crippen LogP contribution in [0.3, 0.4) is 0 Å². The zero-order chi connectivity index (χ0) is 50.8. The number of nitrogens with zero attached hydrogens (tertiary/aromatic N) is 5. The van der Waals surface area contributed by atoms with E-state index in [9.17, 15) is 28.4 Å². The lowest BCUT2D eigenvalue weighted by Crippen LogP contribution is -2.63. The molecule has 18 heteroatoms. The number of H-pyrrole nitrogens is 1. The van der Waals surface area contributed by atoms with E-state index in [0.29, 0.717) is 86.4 Å². The monoisotopic (exact) mass is 1020 g/mol. The second-order valence-corrected chi connectivity index (χ2v) is 23.8. The Labute approximate surface area is 427 Å². The van der Waals surface area contributed by atoms with Crippen LogP contribution in [0.25, 0.3) is 11.0 Å². The van der Waals surface area contributed by atoms with Gasteiger partial charge in [0.1, 0.15) is 23.1 Å². The number of fused-ring (bicyclic) bond motifs is 3. The molecule has 2 saturated carbocycles. The number of pyridine rings is 1. The van der Waals surface area contributed by atoms with Gasteiger partial charge in [0.05, 0.1) is 65.2 Å². The zero-order valence-corrected chi connectivity index (χ0v) is 43.0. The molecule has 2 aromatic heterocycles.